The molecule has 5 nitrogen and oxygen atoms in total. The van der Waals surface area contributed by atoms with Gasteiger partial charge < -0.3 is 16.2 Å². The zero-order chi connectivity index (χ0) is 14.6. The summed E-state index contributed by atoms with van der Waals surface area (Å²) < 4.78 is 0. The van der Waals surface area contributed by atoms with Crippen LogP contribution in [0.1, 0.15) is 36.2 Å². The zero-order valence-corrected chi connectivity index (χ0v) is 11.4. The Bertz CT molecular complexity index is 484. The van der Waals surface area contributed by atoms with E-state index in [1.165, 1.54) is 0 Å². The summed E-state index contributed by atoms with van der Waals surface area (Å²) in [7, 11) is 0. The van der Waals surface area contributed by atoms with Crippen LogP contribution in [0.15, 0.2) is 18.2 Å². The van der Waals surface area contributed by atoms with E-state index in [1.54, 1.807) is 25.1 Å². The first-order chi connectivity index (χ1) is 8.82. The van der Waals surface area contributed by atoms with E-state index in [2.05, 4.69) is 5.32 Å². The normalized spacial score (nSPS) is 12.3. The van der Waals surface area contributed by atoms with Gasteiger partial charge >= 0.3 is 5.97 Å². The second-order valence-electron chi connectivity index (χ2n) is 5.03. The number of nitrogens with one attached hydrogen (secondary N) is 1. The molecule has 1 aromatic rings. The number of amides is 1. The average Bonchev–Trinajstić information content (AvgIpc) is 2.27. The lowest BCUT2D eigenvalue weighted by Gasteiger charge is -2.16. The molecular formula is C14H20N2O3. The molecule has 0 aliphatic carbocycles. The number of rotatable bonds is 5. The third kappa shape index (κ3) is 4.06. The monoisotopic (exact) mass is 264 g/mol. The number of hydrogen-bond donors (Lipinski definition) is 3. The number of aromatic carboxylic acids is 1. The molecule has 0 spiro atoms. The second-order valence-corrected chi connectivity index (χ2v) is 5.03. The molecule has 0 saturated heterocycles. The molecule has 19 heavy (non-hydrogen) atoms. The number of carboxylic acid groups (broad SMARTS) is 1. The molecule has 1 atom stereocenters. The Kier molecular flexibility index (Phi) is 5.06. The summed E-state index contributed by atoms with van der Waals surface area (Å²) in [5.74, 6) is -1.12. The van der Waals surface area contributed by atoms with Gasteiger partial charge in [-0.2, -0.15) is 0 Å². The molecule has 0 heterocycles. The van der Waals surface area contributed by atoms with E-state index in [0.717, 1.165) is 0 Å². The Balaban J connectivity index is 2.91. The fourth-order valence-electron chi connectivity index (χ4n) is 1.90. The lowest BCUT2D eigenvalue weighted by molar-refractivity contribution is -0.117. The van der Waals surface area contributed by atoms with Crippen LogP contribution < -0.4 is 11.1 Å². The highest BCUT2D eigenvalue weighted by Gasteiger charge is 2.19. The molecule has 0 bridgehead atoms. The largest absolute Gasteiger partial charge is 0.478 e. The van der Waals surface area contributed by atoms with Crippen molar-refractivity contribution in [1.82, 2.24) is 0 Å². The third-order valence-electron chi connectivity index (χ3n) is 2.81. The highest BCUT2D eigenvalue weighted by Crippen LogP contribution is 2.20. The molecule has 0 aliphatic rings. The van der Waals surface area contributed by atoms with Gasteiger partial charge in [-0.15, -0.1) is 0 Å². The molecule has 0 aliphatic heterocycles. The minimum atomic E-state index is -1.06. The fraction of sp³-hybridized carbons (Fsp3) is 0.429. The molecular weight excluding hydrogens is 244 g/mol. The topological polar surface area (TPSA) is 92.4 Å². The molecule has 5 heteroatoms. The molecule has 0 unspecified atom stereocenters. The number of anilines is 1. The van der Waals surface area contributed by atoms with E-state index in [-0.39, 0.29) is 17.2 Å². The molecule has 104 valence electrons. The third-order valence-corrected chi connectivity index (χ3v) is 2.81. The van der Waals surface area contributed by atoms with E-state index < -0.39 is 12.0 Å². The van der Waals surface area contributed by atoms with Crippen molar-refractivity contribution in [3.63, 3.8) is 0 Å². The summed E-state index contributed by atoms with van der Waals surface area (Å²) in [6.45, 7) is 5.64. The van der Waals surface area contributed by atoms with Gasteiger partial charge in [-0.1, -0.05) is 26.0 Å². The minimum absolute atomic E-state index is 0.104. The van der Waals surface area contributed by atoms with Crippen molar-refractivity contribution in [2.45, 2.75) is 33.2 Å². The van der Waals surface area contributed by atoms with Gasteiger partial charge in [0.05, 0.1) is 17.3 Å². The van der Waals surface area contributed by atoms with Crippen LogP contribution in [0.3, 0.4) is 0 Å². The summed E-state index contributed by atoms with van der Waals surface area (Å²) in [5.41, 5.74) is 6.76. The van der Waals surface area contributed by atoms with Crippen LogP contribution in [0.4, 0.5) is 5.69 Å². The molecule has 0 fully saturated rings. The van der Waals surface area contributed by atoms with Gasteiger partial charge in [0.2, 0.25) is 5.91 Å². The van der Waals surface area contributed by atoms with Crippen LogP contribution in [0.5, 0.6) is 0 Å². The van der Waals surface area contributed by atoms with Crippen molar-refractivity contribution < 1.29 is 14.7 Å². The van der Waals surface area contributed by atoms with E-state index in [0.29, 0.717) is 17.9 Å². The molecule has 1 aromatic carbocycles. The Labute approximate surface area is 112 Å². The maximum atomic E-state index is 11.9. The number of carbonyl (C=O) groups excluding carboxylic acids is 1. The van der Waals surface area contributed by atoms with E-state index in [9.17, 15) is 9.59 Å². The number of carboxylic acids is 1. The summed E-state index contributed by atoms with van der Waals surface area (Å²) in [4.78, 5) is 23.1. The van der Waals surface area contributed by atoms with Gasteiger partial charge in [0.1, 0.15) is 0 Å². The van der Waals surface area contributed by atoms with Gasteiger partial charge in [0.15, 0.2) is 0 Å². The molecule has 1 amide bonds. The second kappa shape index (κ2) is 6.33. The van der Waals surface area contributed by atoms with Crippen LogP contribution in [0.2, 0.25) is 0 Å². The van der Waals surface area contributed by atoms with Crippen molar-refractivity contribution in [3.05, 3.63) is 29.3 Å². The standard InChI is InChI=1S/C14H20N2O3/c1-8(2)7-10(15)13(17)16-11-6-4-5-9(3)12(11)14(18)19/h4-6,8,10H,7,15H2,1-3H3,(H,16,17)(H,18,19)/t10-/m1/s1. The van der Waals surface area contributed by atoms with Crippen molar-refractivity contribution >= 4 is 17.6 Å². The van der Waals surface area contributed by atoms with Crippen molar-refractivity contribution in [3.8, 4) is 0 Å². The Morgan fingerprint density at radius 1 is 1.37 bits per heavy atom. The number of benzene rings is 1. The smallest absolute Gasteiger partial charge is 0.338 e. The molecule has 0 saturated carbocycles. The summed E-state index contributed by atoms with van der Waals surface area (Å²) >= 11 is 0. The Morgan fingerprint density at radius 3 is 2.53 bits per heavy atom. The first-order valence-electron chi connectivity index (χ1n) is 6.22. The van der Waals surface area contributed by atoms with Crippen LogP contribution in [-0.4, -0.2) is 23.0 Å². The first-order valence-corrected chi connectivity index (χ1v) is 6.22. The zero-order valence-electron chi connectivity index (χ0n) is 11.4. The number of nitrogens with two attached hydrogens (primary N) is 1. The Morgan fingerprint density at radius 2 is 2.00 bits per heavy atom. The highest BCUT2D eigenvalue weighted by atomic mass is 16.4. The van der Waals surface area contributed by atoms with E-state index in [1.807, 2.05) is 13.8 Å². The maximum Gasteiger partial charge on any atom is 0.338 e. The number of hydrogen-bond acceptors (Lipinski definition) is 3. The van der Waals surface area contributed by atoms with Crippen molar-refractivity contribution in [1.29, 1.82) is 0 Å². The highest BCUT2D eigenvalue weighted by molar-refractivity contribution is 6.02. The summed E-state index contributed by atoms with van der Waals surface area (Å²) in [6.07, 6.45) is 0.556. The van der Waals surface area contributed by atoms with Crippen LogP contribution in [-0.2, 0) is 4.79 Å². The van der Waals surface area contributed by atoms with Crippen molar-refractivity contribution in [2.75, 3.05) is 5.32 Å². The van der Waals surface area contributed by atoms with Crippen LogP contribution in [0.25, 0.3) is 0 Å². The van der Waals surface area contributed by atoms with Gasteiger partial charge in [-0.05, 0) is 30.9 Å². The molecule has 1 rings (SSSR count). The Hall–Kier alpha value is -1.88. The maximum absolute atomic E-state index is 11.9. The van der Waals surface area contributed by atoms with Gasteiger partial charge in [0.25, 0.3) is 0 Å². The number of carbonyl (C=O) groups is 2. The van der Waals surface area contributed by atoms with Crippen LogP contribution in [0, 0.1) is 12.8 Å². The van der Waals surface area contributed by atoms with Crippen molar-refractivity contribution in [2.24, 2.45) is 11.7 Å². The number of aryl methyl sites for hydroxylation is 1. The van der Waals surface area contributed by atoms with Crippen LogP contribution >= 0.6 is 0 Å². The van der Waals surface area contributed by atoms with E-state index in [4.69, 9.17) is 10.8 Å². The van der Waals surface area contributed by atoms with Gasteiger partial charge in [0, 0.05) is 0 Å². The lowest BCUT2D eigenvalue weighted by Crippen LogP contribution is -2.37. The first kappa shape index (κ1) is 15.2. The summed E-state index contributed by atoms with van der Waals surface area (Å²) in [5, 5.41) is 11.8. The predicted molar refractivity (Wildman–Crippen MR) is 74.2 cm³/mol. The lowest BCUT2D eigenvalue weighted by atomic mass is 10.0. The average molecular weight is 264 g/mol. The fourth-order valence-corrected chi connectivity index (χ4v) is 1.90. The SMILES string of the molecule is Cc1cccc(NC(=O)[C@H](N)CC(C)C)c1C(=O)O. The predicted octanol–water partition coefficient (Wildman–Crippen LogP) is 2.01. The van der Waals surface area contributed by atoms with E-state index >= 15 is 0 Å². The minimum Gasteiger partial charge on any atom is -0.478 e. The molecule has 0 aromatic heterocycles. The van der Waals surface area contributed by atoms with Gasteiger partial charge in [-0.3, -0.25) is 4.79 Å². The quantitative estimate of drug-likeness (QED) is 0.758. The molecule has 0 radical (unpaired) electrons. The molecule has 4 N–H and O–H groups in total. The van der Waals surface area contributed by atoms with Gasteiger partial charge in [-0.25, -0.2) is 4.79 Å². The summed E-state index contributed by atoms with van der Waals surface area (Å²) in [6, 6.07) is 4.32.